The van der Waals surface area contributed by atoms with Crippen molar-refractivity contribution in [3.05, 3.63) is 33.5 Å². The molecule has 0 saturated heterocycles. The number of hydrogen-bond acceptors (Lipinski definition) is 3. The Kier molecular flexibility index (Phi) is 2.67. The summed E-state index contributed by atoms with van der Waals surface area (Å²) in [6.07, 6.45) is 0. The molecule has 2 aromatic rings. The second-order valence-electron chi connectivity index (χ2n) is 2.50. The van der Waals surface area contributed by atoms with E-state index in [9.17, 15) is 4.39 Å². The Balaban J connectivity index is 2.52. The van der Waals surface area contributed by atoms with Gasteiger partial charge in [-0.05, 0) is 41.3 Å². The first-order chi connectivity index (χ1) is 6.66. The van der Waals surface area contributed by atoms with Crippen molar-refractivity contribution in [3.63, 3.8) is 0 Å². The number of rotatable bonds is 1. The summed E-state index contributed by atoms with van der Waals surface area (Å²) in [6, 6.07) is 4.32. The monoisotopic (exact) mass is 248 g/mol. The summed E-state index contributed by atoms with van der Waals surface area (Å²) >= 11 is 12.2. The van der Waals surface area contributed by atoms with Crippen LogP contribution in [0.15, 0.2) is 18.2 Å². The van der Waals surface area contributed by atoms with Crippen LogP contribution in [-0.2, 0) is 0 Å². The second kappa shape index (κ2) is 3.81. The van der Waals surface area contributed by atoms with Gasteiger partial charge in [0.2, 0.25) is 4.47 Å². The largest absolute Gasteiger partial charge is 0.206 e. The van der Waals surface area contributed by atoms with Crippen LogP contribution in [0.1, 0.15) is 0 Å². The summed E-state index contributed by atoms with van der Waals surface area (Å²) in [4.78, 5) is 3.86. The molecule has 0 unspecified atom stereocenters. The maximum atomic E-state index is 13.3. The average Bonchev–Trinajstić information content (AvgIpc) is 2.51. The molecule has 0 aliphatic rings. The normalized spacial score (nSPS) is 10.5. The minimum Gasteiger partial charge on any atom is -0.206 e. The van der Waals surface area contributed by atoms with Gasteiger partial charge in [0.05, 0.1) is 5.56 Å². The van der Waals surface area contributed by atoms with E-state index in [-0.39, 0.29) is 10.3 Å². The molecule has 14 heavy (non-hydrogen) atoms. The Hall–Kier alpha value is -0.710. The number of hydrogen-bond donors (Lipinski definition) is 0. The highest BCUT2D eigenvalue weighted by Gasteiger charge is 2.10. The summed E-state index contributed by atoms with van der Waals surface area (Å²) in [7, 11) is 0. The van der Waals surface area contributed by atoms with Crippen LogP contribution in [0.5, 0.6) is 0 Å². The van der Waals surface area contributed by atoms with Crippen molar-refractivity contribution in [2.75, 3.05) is 0 Å². The third kappa shape index (κ3) is 1.87. The quantitative estimate of drug-likeness (QED) is 0.770. The molecular formula is C8H3Cl2FN2S. The summed E-state index contributed by atoms with van der Waals surface area (Å²) in [5, 5.41) is 0.340. The molecule has 1 heterocycles. The first-order valence-corrected chi connectivity index (χ1v) is 5.14. The Bertz CT molecular complexity index is 472. The first kappa shape index (κ1) is 9.83. The maximum Gasteiger partial charge on any atom is 0.203 e. The zero-order chi connectivity index (χ0) is 10.1. The van der Waals surface area contributed by atoms with E-state index in [0.29, 0.717) is 10.6 Å². The molecule has 0 aliphatic carbocycles. The lowest BCUT2D eigenvalue weighted by atomic mass is 10.2. The van der Waals surface area contributed by atoms with Crippen molar-refractivity contribution in [3.8, 4) is 11.4 Å². The predicted molar refractivity (Wildman–Crippen MR) is 55.3 cm³/mol. The summed E-state index contributed by atoms with van der Waals surface area (Å²) in [6.45, 7) is 0. The third-order valence-electron chi connectivity index (χ3n) is 1.57. The molecule has 0 N–H and O–H groups in total. The Morgan fingerprint density at radius 1 is 1.29 bits per heavy atom. The zero-order valence-electron chi connectivity index (χ0n) is 6.67. The van der Waals surface area contributed by atoms with Crippen molar-refractivity contribution in [2.45, 2.75) is 0 Å². The maximum absolute atomic E-state index is 13.3. The van der Waals surface area contributed by atoms with Crippen molar-refractivity contribution in [2.24, 2.45) is 0 Å². The van der Waals surface area contributed by atoms with Gasteiger partial charge in [-0.2, -0.15) is 4.37 Å². The highest BCUT2D eigenvalue weighted by molar-refractivity contribution is 7.10. The highest BCUT2D eigenvalue weighted by atomic mass is 35.5. The molecule has 0 atom stereocenters. The fraction of sp³-hybridized carbons (Fsp3) is 0. The van der Waals surface area contributed by atoms with E-state index in [0.717, 1.165) is 11.5 Å². The van der Waals surface area contributed by atoms with Crippen molar-refractivity contribution >= 4 is 34.7 Å². The fourth-order valence-corrected chi connectivity index (χ4v) is 1.76. The highest BCUT2D eigenvalue weighted by Crippen LogP contribution is 2.25. The van der Waals surface area contributed by atoms with Crippen molar-refractivity contribution in [1.82, 2.24) is 9.36 Å². The fourth-order valence-electron chi connectivity index (χ4n) is 0.985. The zero-order valence-corrected chi connectivity index (χ0v) is 9.00. The van der Waals surface area contributed by atoms with Crippen LogP contribution in [0.2, 0.25) is 9.49 Å². The summed E-state index contributed by atoms with van der Waals surface area (Å²) in [5.41, 5.74) is 0.303. The smallest absolute Gasteiger partial charge is 0.203 e. The van der Waals surface area contributed by atoms with Gasteiger partial charge in [0, 0.05) is 5.02 Å². The summed E-state index contributed by atoms with van der Waals surface area (Å²) < 4.78 is 17.5. The SMILES string of the molecule is Fc1cc(Cl)ccc1-c1nsc(Cl)n1. The van der Waals surface area contributed by atoms with E-state index in [2.05, 4.69) is 9.36 Å². The lowest BCUT2D eigenvalue weighted by molar-refractivity contribution is 0.630. The number of nitrogens with zero attached hydrogens (tertiary/aromatic N) is 2. The van der Waals surface area contributed by atoms with Gasteiger partial charge in [0.1, 0.15) is 5.82 Å². The standard InChI is InChI=1S/C8H3Cl2FN2S/c9-4-1-2-5(6(11)3-4)7-12-8(10)14-13-7/h1-3H. The Labute approximate surface area is 93.5 Å². The van der Waals surface area contributed by atoms with E-state index in [1.165, 1.54) is 12.1 Å². The van der Waals surface area contributed by atoms with E-state index in [4.69, 9.17) is 23.2 Å². The molecule has 1 aromatic carbocycles. The third-order valence-corrected chi connectivity index (χ3v) is 2.61. The molecule has 0 radical (unpaired) electrons. The molecule has 0 aliphatic heterocycles. The van der Waals surface area contributed by atoms with Gasteiger partial charge in [-0.25, -0.2) is 9.37 Å². The van der Waals surface area contributed by atoms with Gasteiger partial charge >= 0.3 is 0 Å². The molecule has 72 valence electrons. The van der Waals surface area contributed by atoms with Gasteiger partial charge in [0.25, 0.3) is 0 Å². The molecule has 0 saturated carbocycles. The van der Waals surface area contributed by atoms with Gasteiger partial charge in [-0.15, -0.1) is 0 Å². The average molecular weight is 249 g/mol. The molecular weight excluding hydrogens is 246 g/mol. The van der Waals surface area contributed by atoms with Crippen molar-refractivity contribution in [1.29, 1.82) is 0 Å². The molecule has 1 aromatic heterocycles. The van der Waals surface area contributed by atoms with Crippen LogP contribution in [0.3, 0.4) is 0 Å². The van der Waals surface area contributed by atoms with Gasteiger partial charge < -0.3 is 0 Å². The minimum atomic E-state index is -0.452. The van der Waals surface area contributed by atoms with E-state index in [1.807, 2.05) is 0 Å². The molecule has 6 heteroatoms. The van der Waals surface area contributed by atoms with Gasteiger partial charge in [0.15, 0.2) is 5.82 Å². The number of benzene rings is 1. The van der Waals surface area contributed by atoms with Crippen LogP contribution in [0.25, 0.3) is 11.4 Å². The molecule has 0 amide bonds. The Morgan fingerprint density at radius 2 is 2.07 bits per heavy atom. The van der Waals surface area contributed by atoms with E-state index >= 15 is 0 Å². The Morgan fingerprint density at radius 3 is 2.64 bits per heavy atom. The van der Waals surface area contributed by atoms with Gasteiger partial charge in [-0.3, -0.25) is 0 Å². The molecule has 2 nitrogen and oxygen atoms in total. The lowest BCUT2D eigenvalue weighted by Gasteiger charge is -1.97. The van der Waals surface area contributed by atoms with Crippen LogP contribution in [0, 0.1) is 5.82 Å². The van der Waals surface area contributed by atoms with Crippen LogP contribution < -0.4 is 0 Å². The molecule has 0 bridgehead atoms. The van der Waals surface area contributed by atoms with Crippen LogP contribution >= 0.6 is 34.7 Å². The molecule has 0 fully saturated rings. The van der Waals surface area contributed by atoms with Gasteiger partial charge in [-0.1, -0.05) is 11.6 Å². The van der Waals surface area contributed by atoms with Crippen LogP contribution in [-0.4, -0.2) is 9.36 Å². The first-order valence-electron chi connectivity index (χ1n) is 3.61. The number of aromatic nitrogens is 2. The summed E-state index contributed by atoms with van der Waals surface area (Å²) in [5.74, 6) is -0.166. The molecule has 2 rings (SSSR count). The molecule has 0 spiro atoms. The lowest BCUT2D eigenvalue weighted by Crippen LogP contribution is -1.85. The van der Waals surface area contributed by atoms with Crippen molar-refractivity contribution < 1.29 is 4.39 Å². The predicted octanol–water partition coefficient (Wildman–Crippen LogP) is 3.65. The van der Waals surface area contributed by atoms with E-state index in [1.54, 1.807) is 6.07 Å². The minimum absolute atomic E-state index is 0.286. The van der Waals surface area contributed by atoms with E-state index < -0.39 is 5.82 Å². The second-order valence-corrected chi connectivity index (χ2v) is 4.27. The number of halogens is 3. The topological polar surface area (TPSA) is 25.8 Å². The van der Waals surface area contributed by atoms with Crippen LogP contribution in [0.4, 0.5) is 4.39 Å².